The summed E-state index contributed by atoms with van der Waals surface area (Å²) in [6, 6.07) is 17.9. The lowest BCUT2D eigenvalue weighted by atomic mass is 10.0. The van der Waals surface area contributed by atoms with E-state index in [1.165, 1.54) is 5.56 Å². The van der Waals surface area contributed by atoms with Crippen molar-refractivity contribution in [3.05, 3.63) is 70.7 Å². The van der Waals surface area contributed by atoms with Gasteiger partial charge in [-0.25, -0.2) is 5.90 Å². The van der Waals surface area contributed by atoms with Crippen LogP contribution in [0.1, 0.15) is 23.7 Å². The van der Waals surface area contributed by atoms with Crippen LogP contribution in [-0.4, -0.2) is 0 Å². The smallest absolute Gasteiger partial charge is 0.104 e. The van der Waals surface area contributed by atoms with Crippen molar-refractivity contribution in [2.45, 2.75) is 18.9 Å². The second-order valence-corrected chi connectivity index (χ2v) is 4.64. The topological polar surface area (TPSA) is 35.2 Å². The van der Waals surface area contributed by atoms with Gasteiger partial charge < -0.3 is 0 Å². The van der Waals surface area contributed by atoms with Gasteiger partial charge in [0.1, 0.15) is 6.10 Å². The summed E-state index contributed by atoms with van der Waals surface area (Å²) >= 11 is 5.96. The van der Waals surface area contributed by atoms with Crippen molar-refractivity contribution in [1.82, 2.24) is 0 Å². The highest BCUT2D eigenvalue weighted by Gasteiger charge is 2.10. The minimum atomic E-state index is -0.0785. The number of hydrogen-bond donors (Lipinski definition) is 1. The fraction of sp³-hybridized carbons (Fsp3) is 0.200. The van der Waals surface area contributed by atoms with Crippen molar-refractivity contribution in [3.8, 4) is 0 Å². The summed E-state index contributed by atoms with van der Waals surface area (Å²) < 4.78 is 0. The molecule has 2 N–H and O–H groups in total. The predicted molar refractivity (Wildman–Crippen MR) is 81.5 cm³/mol. The van der Waals surface area contributed by atoms with E-state index in [2.05, 4.69) is 6.07 Å². The van der Waals surface area contributed by atoms with Gasteiger partial charge in [-0.1, -0.05) is 54.1 Å². The van der Waals surface area contributed by atoms with Gasteiger partial charge in [0.15, 0.2) is 0 Å². The van der Waals surface area contributed by atoms with Crippen LogP contribution in [-0.2, 0) is 11.3 Å². The van der Waals surface area contributed by atoms with Crippen molar-refractivity contribution in [3.63, 3.8) is 0 Å². The third-order valence-corrected chi connectivity index (χ3v) is 3.15. The Bertz CT molecular complexity index is 491. The van der Waals surface area contributed by atoms with E-state index in [1.54, 1.807) is 0 Å². The van der Waals surface area contributed by atoms with Gasteiger partial charge in [0, 0.05) is 5.02 Å². The maximum absolute atomic E-state index is 5.96. The Morgan fingerprint density at radius 2 is 1.79 bits per heavy atom. The molecule has 0 spiro atoms. The highest BCUT2D eigenvalue weighted by molar-refractivity contribution is 6.30. The summed E-state index contributed by atoms with van der Waals surface area (Å²) in [5.74, 6) is 5.37. The van der Waals surface area contributed by atoms with Crippen molar-refractivity contribution in [1.29, 1.82) is 0 Å². The molecular weight excluding hydrogens is 281 g/mol. The Labute approximate surface area is 124 Å². The van der Waals surface area contributed by atoms with Crippen LogP contribution < -0.4 is 5.90 Å². The van der Waals surface area contributed by atoms with Crippen molar-refractivity contribution < 1.29 is 4.84 Å². The van der Waals surface area contributed by atoms with Gasteiger partial charge in [0.25, 0.3) is 0 Å². The molecular formula is C15H17Cl2NO. The number of halogens is 2. The number of benzene rings is 2. The predicted octanol–water partition coefficient (Wildman–Crippen LogP) is 4.33. The molecule has 2 rings (SSSR count). The second-order valence-electron chi connectivity index (χ2n) is 4.20. The number of aryl methyl sites for hydroxylation is 1. The van der Waals surface area contributed by atoms with E-state index in [1.807, 2.05) is 48.5 Å². The Kier molecular flexibility index (Phi) is 6.89. The molecule has 2 aromatic carbocycles. The van der Waals surface area contributed by atoms with Gasteiger partial charge in [-0.15, -0.1) is 12.4 Å². The zero-order valence-electron chi connectivity index (χ0n) is 10.5. The molecule has 0 saturated carbocycles. The monoisotopic (exact) mass is 297 g/mol. The lowest BCUT2D eigenvalue weighted by Gasteiger charge is -2.14. The fourth-order valence-corrected chi connectivity index (χ4v) is 2.18. The highest BCUT2D eigenvalue weighted by Crippen LogP contribution is 2.22. The van der Waals surface area contributed by atoms with Gasteiger partial charge in [0.2, 0.25) is 0 Å². The van der Waals surface area contributed by atoms with Crippen LogP contribution in [0.15, 0.2) is 54.6 Å². The standard InChI is InChI=1S/C15H16ClNO.ClH/c16-14-8-4-5-12(11-14)9-10-15(18-17)13-6-2-1-3-7-13;/h1-8,11,15H,9-10,17H2;1H. The molecule has 0 saturated heterocycles. The fourth-order valence-electron chi connectivity index (χ4n) is 1.97. The lowest BCUT2D eigenvalue weighted by molar-refractivity contribution is 0.0467. The number of nitrogens with two attached hydrogens (primary N) is 1. The summed E-state index contributed by atoms with van der Waals surface area (Å²) in [5.41, 5.74) is 2.29. The molecule has 0 bridgehead atoms. The molecule has 0 heterocycles. The Hall–Kier alpha value is -1.06. The van der Waals surface area contributed by atoms with E-state index < -0.39 is 0 Å². The van der Waals surface area contributed by atoms with Gasteiger partial charge in [0.05, 0.1) is 0 Å². The van der Waals surface area contributed by atoms with Crippen molar-refractivity contribution in [2.24, 2.45) is 5.90 Å². The van der Waals surface area contributed by atoms with E-state index >= 15 is 0 Å². The maximum atomic E-state index is 5.96. The highest BCUT2D eigenvalue weighted by atomic mass is 35.5. The van der Waals surface area contributed by atoms with Crippen LogP contribution in [0.5, 0.6) is 0 Å². The SMILES string of the molecule is Cl.NOC(CCc1cccc(Cl)c1)c1ccccc1. The van der Waals surface area contributed by atoms with Crippen LogP contribution in [0, 0.1) is 0 Å². The average molecular weight is 298 g/mol. The Balaban J connectivity index is 0.00000180. The molecule has 0 aliphatic carbocycles. The van der Waals surface area contributed by atoms with E-state index in [4.69, 9.17) is 22.3 Å². The first kappa shape index (κ1) is 16.0. The molecule has 102 valence electrons. The summed E-state index contributed by atoms with van der Waals surface area (Å²) in [4.78, 5) is 5.06. The van der Waals surface area contributed by atoms with Crippen LogP contribution in [0.4, 0.5) is 0 Å². The number of hydrogen-bond acceptors (Lipinski definition) is 2. The molecule has 0 aliphatic rings. The molecule has 0 radical (unpaired) electrons. The summed E-state index contributed by atoms with van der Waals surface area (Å²) in [7, 11) is 0. The van der Waals surface area contributed by atoms with Crippen LogP contribution in [0.3, 0.4) is 0 Å². The molecule has 1 atom stereocenters. The van der Waals surface area contributed by atoms with Gasteiger partial charge in [-0.2, -0.15) is 0 Å². The molecule has 0 aromatic heterocycles. The van der Waals surface area contributed by atoms with E-state index in [0.29, 0.717) is 0 Å². The lowest BCUT2D eigenvalue weighted by Crippen LogP contribution is -2.10. The number of rotatable bonds is 5. The van der Waals surface area contributed by atoms with Crippen LogP contribution in [0.2, 0.25) is 5.02 Å². The first-order valence-corrected chi connectivity index (χ1v) is 6.32. The van der Waals surface area contributed by atoms with Crippen LogP contribution in [0.25, 0.3) is 0 Å². The first-order valence-electron chi connectivity index (χ1n) is 5.94. The zero-order valence-corrected chi connectivity index (χ0v) is 12.0. The van der Waals surface area contributed by atoms with Crippen molar-refractivity contribution >= 4 is 24.0 Å². The van der Waals surface area contributed by atoms with Gasteiger partial charge in [-0.3, -0.25) is 4.84 Å². The molecule has 1 unspecified atom stereocenters. The summed E-state index contributed by atoms with van der Waals surface area (Å²) in [6.45, 7) is 0. The summed E-state index contributed by atoms with van der Waals surface area (Å²) in [5, 5.41) is 0.762. The molecule has 2 aromatic rings. The first-order chi connectivity index (χ1) is 8.79. The molecule has 2 nitrogen and oxygen atoms in total. The second kappa shape index (κ2) is 8.18. The molecule has 4 heteroatoms. The Morgan fingerprint density at radius 3 is 2.42 bits per heavy atom. The normalized spacial score (nSPS) is 11.7. The maximum Gasteiger partial charge on any atom is 0.104 e. The average Bonchev–Trinajstić information content (AvgIpc) is 2.41. The van der Waals surface area contributed by atoms with Crippen LogP contribution >= 0.6 is 24.0 Å². The van der Waals surface area contributed by atoms with Gasteiger partial charge >= 0.3 is 0 Å². The minimum Gasteiger partial charge on any atom is -0.297 e. The van der Waals surface area contributed by atoms with E-state index in [-0.39, 0.29) is 18.5 Å². The summed E-state index contributed by atoms with van der Waals surface area (Å²) in [6.07, 6.45) is 1.64. The molecule has 0 aliphatic heterocycles. The van der Waals surface area contributed by atoms with E-state index in [9.17, 15) is 0 Å². The quantitative estimate of drug-likeness (QED) is 0.834. The molecule has 0 fully saturated rings. The minimum absolute atomic E-state index is 0. The third-order valence-electron chi connectivity index (χ3n) is 2.92. The Morgan fingerprint density at radius 1 is 1.05 bits per heavy atom. The van der Waals surface area contributed by atoms with Gasteiger partial charge in [-0.05, 0) is 36.1 Å². The molecule has 19 heavy (non-hydrogen) atoms. The van der Waals surface area contributed by atoms with E-state index in [0.717, 1.165) is 23.4 Å². The molecule has 0 amide bonds. The van der Waals surface area contributed by atoms with Crippen molar-refractivity contribution in [2.75, 3.05) is 0 Å². The largest absolute Gasteiger partial charge is 0.297 e. The zero-order chi connectivity index (χ0) is 12.8. The third kappa shape index (κ3) is 4.84.